The van der Waals surface area contributed by atoms with Gasteiger partial charge in [-0.3, -0.25) is 9.48 Å². The number of halogens is 2. The Balaban J connectivity index is 2.64. The van der Waals surface area contributed by atoms with Crippen LogP contribution >= 0.6 is 0 Å². The molecule has 0 spiro atoms. The first-order chi connectivity index (χ1) is 9.36. The zero-order valence-corrected chi connectivity index (χ0v) is 12.1. The van der Waals surface area contributed by atoms with Crippen LogP contribution in [0, 0.1) is 13.8 Å². The lowest BCUT2D eigenvalue weighted by Crippen LogP contribution is -2.37. The highest BCUT2D eigenvalue weighted by Crippen LogP contribution is 2.15. The number of nitrogens with zero attached hydrogens (tertiary/aromatic N) is 3. The second-order valence-electron chi connectivity index (χ2n) is 4.73. The van der Waals surface area contributed by atoms with Gasteiger partial charge in [-0.1, -0.05) is 0 Å². The van der Waals surface area contributed by atoms with Gasteiger partial charge in [0.05, 0.1) is 18.8 Å². The lowest BCUT2D eigenvalue weighted by molar-refractivity contribution is -0.133. The molecular weight excluding hydrogens is 268 g/mol. The number of aryl methyl sites for hydroxylation is 2. The molecule has 5 nitrogen and oxygen atoms in total. The summed E-state index contributed by atoms with van der Waals surface area (Å²) in [6.45, 7) is 2.75. The van der Waals surface area contributed by atoms with Gasteiger partial charge in [0.1, 0.15) is 0 Å². The van der Waals surface area contributed by atoms with Crippen molar-refractivity contribution in [3.8, 4) is 0 Å². The van der Waals surface area contributed by atoms with Crippen LogP contribution in [0.1, 0.15) is 23.4 Å². The van der Waals surface area contributed by atoms with Crippen molar-refractivity contribution in [3.63, 3.8) is 0 Å². The van der Waals surface area contributed by atoms with Crippen LogP contribution in [-0.2, 0) is 18.3 Å². The summed E-state index contributed by atoms with van der Waals surface area (Å²) in [5, 5.41) is 13.1. The normalized spacial score (nSPS) is 11.2. The molecule has 0 radical (unpaired) electrons. The summed E-state index contributed by atoms with van der Waals surface area (Å²) in [5.74, 6) is -0.373. The van der Waals surface area contributed by atoms with E-state index in [0.29, 0.717) is 6.42 Å². The number of hydrogen-bond acceptors (Lipinski definition) is 3. The van der Waals surface area contributed by atoms with Gasteiger partial charge in [-0.15, -0.1) is 0 Å². The Morgan fingerprint density at radius 1 is 1.45 bits per heavy atom. The third-order valence-corrected chi connectivity index (χ3v) is 3.33. The van der Waals surface area contributed by atoms with Crippen molar-refractivity contribution in [1.29, 1.82) is 0 Å². The molecule has 0 atom stereocenters. The molecule has 0 saturated heterocycles. The Morgan fingerprint density at radius 3 is 2.55 bits per heavy atom. The van der Waals surface area contributed by atoms with E-state index in [1.807, 2.05) is 20.9 Å². The van der Waals surface area contributed by atoms with Gasteiger partial charge < -0.3 is 10.0 Å². The lowest BCUT2D eigenvalue weighted by Gasteiger charge is -2.21. The molecule has 20 heavy (non-hydrogen) atoms. The van der Waals surface area contributed by atoms with Crippen LogP contribution in [0.15, 0.2) is 0 Å². The number of alkyl halides is 2. The first-order valence-electron chi connectivity index (χ1n) is 6.52. The molecule has 114 valence electrons. The van der Waals surface area contributed by atoms with Crippen LogP contribution in [0.25, 0.3) is 0 Å². The fourth-order valence-corrected chi connectivity index (χ4v) is 2.17. The van der Waals surface area contributed by atoms with Crippen molar-refractivity contribution in [3.05, 3.63) is 17.0 Å². The van der Waals surface area contributed by atoms with Gasteiger partial charge in [-0.2, -0.15) is 5.10 Å². The number of carbonyl (C=O) groups is 1. The molecule has 1 N–H and O–H groups in total. The summed E-state index contributed by atoms with van der Waals surface area (Å²) in [4.78, 5) is 12.9. The third-order valence-electron chi connectivity index (χ3n) is 3.33. The maximum atomic E-state index is 12.4. The summed E-state index contributed by atoms with van der Waals surface area (Å²) in [7, 11) is 1.82. The largest absolute Gasteiger partial charge is 0.395 e. The highest BCUT2D eigenvalue weighted by molar-refractivity contribution is 5.76. The van der Waals surface area contributed by atoms with E-state index in [2.05, 4.69) is 5.10 Å². The van der Waals surface area contributed by atoms with Crippen molar-refractivity contribution >= 4 is 5.91 Å². The SMILES string of the molecule is Cc1nn(C)c(C)c1CCC(=O)N(CCO)CC(F)F. The van der Waals surface area contributed by atoms with Gasteiger partial charge in [0.25, 0.3) is 6.43 Å². The minimum absolute atomic E-state index is 0.0613. The molecule has 0 unspecified atom stereocenters. The van der Waals surface area contributed by atoms with Gasteiger partial charge >= 0.3 is 0 Å². The van der Waals surface area contributed by atoms with Gasteiger partial charge in [0.15, 0.2) is 0 Å². The number of carbonyl (C=O) groups excluding carboxylic acids is 1. The van der Waals surface area contributed by atoms with E-state index in [1.165, 1.54) is 0 Å². The molecule has 1 aromatic heterocycles. The van der Waals surface area contributed by atoms with Crippen LogP contribution in [0.4, 0.5) is 8.78 Å². The van der Waals surface area contributed by atoms with E-state index < -0.39 is 13.0 Å². The second kappa shape index (κ2) is 7.33. The number of aliphatic hydroxyl groups is 1. The molecule has 0 aliphatic carbocycles. The molecule has 0 aliphatic rings. The number of aromatic nitrogens is 2. The first-order valence-corrected chi connectivity index (χ1v) is 6.52. The predicted molar refractivity (Wildman–Crippen MR) is 70.7 cm³/mol. The topological polar surface area (TPSA) is 58.4 Å². The first kappa shape index (κ1) is 16.6. The van der Waals surface area contributed by atoms with E-state index in [1.54, 1.807) is 4.68 Å². The molecule has 7 heteroatoms. The quantitative estimate of drug-likeness (QED) is 0.816. The minimum Gasteiger partial charge on any atom is -0.395 e. The van der Waals surface area contributed by atoms with Crippen LogP contribution in [0.3, 0.4) is 0 Å². The second-order valence-corrected chi connectivity index (χ2v) is 4.73. The molecule has 1 amide bonds. The molecule has 1 aromatic rings. The molecule has 1 rings (SSSR count). The van der Waals surface area contributed by atoms with E-state index in [9.17, 15) is 13.6 Å². The van der Waals surface area contributed by atoms with E-state index >= 15 is 0 Å². The van der Waals surface area contributed by atoms with Gasteiger partial charge in [0.2, 0.25) is 5.91 Å². The highest BCUT2D eigenvalue weighted by Gasteiger charge is 2.19. The van der Waals surface area contributed by atoms with Crippen molar-refractivity contribution in [2.45, 2.75) is 33.1 Å². The third kappa shape index (κ3) is 4.26. The van der Waals surface area contributed by atoms with Crippen molar-refractivity contribution in [2.24, 2.45) is 7.05 Å². The maximum Gasteiger partial charge on any atom is 0.255 e. The average molecular weight is 289 g/mol. The Bertz CT molecular complexity index is 461. The fraction of sp³-hybridized carbons (Fsp3) is 0.692. The molecule has 1 heterocycles. The van der Waals surface area contributed by atoms with E-state index in [0.717, 1.165) is 21.9 Å². The van der Waals surface area contributed by atoms with Crippen LogP contribution in [0.2, 0.25) is 0 Å². The number of hydrogen-bond donors (Lipinski definition) is 1. The van der Waals surface area contributed by atoms with Crippen molar-refractivity contribution in [1.82, 2.24) is 14.7 Å². The monoisotopic (exact) mass is 289 g/mol. The molecule has 0 bridgehead atoms. The van der Waals surface area contributed by atoms with Crippen molar-refractivity contribution < 1.29 is 18.7 Å². The zero-order chi connectivity index (χ0) is 15.3. The highest BCUT2D eigenvalue weighted by atomic mass is 19.3. The smallest absolute Gasteiger partial charge is 0.255 e. The lowest BCUT2D eigenvalue weighted by atomic mass is 10.1. The Morgan fingerprint density at radius 2 is 2.10 bits per heavy atom. The average Bonchev–Trinajstić information content (AvgIpc) is 2.60. The van der Waals surface area contributed by atoms with E-state index in [4.69, 9.17) is 5.11 Å². The fourth-order valence-electron chi connectivity index (χ4n) is 2.17. The Labute approximate surface area is 117 Å². The van der Waals surface area contributed by atoms with Gasteiger partial charge in [-0.05, 0) is 25.8 Å². The molecule has 0 saturated carbocycles. The molecule has 0 fully saturated rings. The summed E-state index contributed by atoms with van der Waals surface area (Å²) < 4.78 is 26.5. The molecular formula is C13H21F2N3O2. The van der Waals surface area contributed by atoms with Crippen molar-refractivity contribution in [2.75, 3.05) is 19.7 Å². The minimum atomic E-state index is -2.59. The predicted octanol–water partition coefficient (Wildman–Crippen LogP) is 1.06. The number of amides is 1. The zero-order valence-electron chi connectivity index (χ0n) is 12.1. The maximum absolute atomic E-state index is 12.4. The number of aliphatic hydroxyl groups excluding tert-OH is 1. The number of rotatable bonds is 7. The summed E-state index contributed by atoms with van der Waals surface area (Å²) in [6.07, 6.45) is -1.98. The summed E-state index contributed by atoms with van der Waals surface area (Å²) in [5.41, 5.74) is 2.79. The van der Waals surface area contributed by atoms with E-state index in [-0.39, 0.29) is 25.5 Å². The summed E-state index contributed by atoms with van der Waals surface area (Å²) >= 11 is 0. The molecule has 0 aromatic carbocycles. The Hall–Kier alpha value is -1.50. The molecule has 0 aliphatic heterocycles. The summed E-state index contributed by atoms with van der Waals surface area (Å²) in [6, 6.07) is 0. The van der Waals surface area contributed by atoms with Crippen LogP contribution in [-0.4, -0.2) is 51.8 Å². The van der Waals surface area contributed by atoms with Gasteiger partial charge in [-0.25, -0.2) is 8.78 Å². The Kier molecular flexibility index (Phi) is 6.06. The van der Waals surface area contributed by atoms with Crippen LogP contribution in [0.5, 0.6) is 0 Å². The van der Waals surface area contributed by atoms with Crippen LogP contribution < -0.4 is 0 Å². The standard InChI is InChI=1S/C13H21F2N3O2/c1-9-11(10(2)17(3)16-9)4-5-13(20)18(6-7-19)8-12(14)15/h12,19H,4-8H2,1-3H3. The van der Waals surface area contributed by atoms with Gasteiger partial charge in [0, 0.05) is 25.7 Å².